The summed E-state index contributed by atoms with van der Waals surface area (Å²) in [7, 11) is 0. The first-order valence-electron chi connectivity index (χ1n) is 8.53. The van der Waals surface area contributed by atoms with Gasteiger partial charge in [0.15, 0.2) is 17.5 Å². The zero-order chi connectivity index (χ0) is 17.6. The second kappa shape index (κ2) is 7.96. The maximum absolute atomic E-state index is 14.2. The molecule has 1 fully saturated rings. The topological polar surface area (TPSA) is 63.7 Å². The van der Waals surface area contributed by atoms with E-state index in [4.69, 9.17) is 10.5 Å². The van der Waals surface area contributed by atoms with Crippen molar-refractivity contribution >= 4 is 5.96 Å². The van der Waals surface area contributed by atoms with Gasteiger partial charge in [0, 0.05) is 19.3 Å². The molecule has 1 atom stereocenters. The number of halogens is 1. The molecule has 5 nitrogen and oxygen atoms in total. The molecule has 0 radical (unpaired) electrons. The molecule has 0 saturated carbocycles. The molecule has 1 unspecified atom stereocenters. The molecule has 1 aromatic heterocycles. The van der Waals surface area contributed by atoms with Gasteiger partial charge in [-0.15, -0.1) is 0 Å². The van der Waals surface area contributed by atoms with Crippen LogP contribution in [0.15, 0.2) is 47.7 Å². The summed E-state index contributed by atoms with van der Waals surface area (Å²) in [6, 6.07) is 8.30. The first-order chi connectivity index (χ1) is 12.1. The van der Waals surface area contributed by atoms with E-state index in [1.54, 1.807) is 30.5 Å². The van der Waals surface area contributed by atoms with Gasteiger partial charge in [0.05, 0.1) is 12.7 Å². The maximum Gasteiger partial charge on any atom is 0.191 e. The number of nitrogens with zero attached hydrogens (tertiary/aromatic N) is 3. The Morgan fingerprint density at radius 2 is 2.32 bits per heavy atom. The molecule has 2 heterocycles. The number of aliphatic imine (C=N–C) groups is 1. The van der Waals surface area contributed by atoms with Crippen LogP contribution >= 0.6 is 0 Å². The number of guanidine groups is 1. The Morgan fingerprint density at radius 1 is 1.44 bits per heavy atom. The van der Waals surface area contributed by atoms with Crippen molar-refractivity contribution in [2.75, 3.05) is 13.1 Å². The molecule has 0 spiro atoms. The van der Waals surface area contributed by atoms with Crippen LogP contribution < -0.4 is 10.5 Å². The highest BCUT2D eigenvalue weighted by molar-refractivity contribution is 5.78. The van der Waals surface area contributed by atoms with Gasteiger partial charge in [-0.1, -0.05) is 13.0 Å². The van der Waals surface area contributed by atoms with Crippen LogP contribution in [0, 0.1) is 11.7 Å². The molecule has 3 rings (SSSR count). The van der Waals surface area contributed by atoms with E-state index in [1.807, 2.05) is 0 Å². The SMILES string of the molecule is CC1CCCN(C(N)=NCc2ccc(Oc3cccnc3)c(F)c2)C1. The van der Waals surface area contributed by atoms with E-state index in [-0.39, 0.29) is 5.75 Å². The van der Waals surface area contributed by atoms with Crippen LogP contribution in [0.3, 0.4) is 0 Å². The lowest BCUT2D eigenvalue weighted by molar-refractivity contribution is 0.270. The van der Waals surface area contributed by atoms with Crippen molar-refractivity contribution in [3.8, 4) is 11.5 Å². The van der Waals surface area contributed by atoms with Crippen LogP contribution in [-0.2, 0) is 6.54 Å². The van der Waals surface area contributed by atoms with Crippen molar-refractivity contribution in [1.82, 2.24) is 9.88 Å². The summed E-state index contributed by atoms with van der Waals surface area (Å²) in [4.78, 5) is 10.5. The summed E-state index contributed by atoms with van der Waals surface area (Å²) >= 11 is 0. The normalized spacial score (nSPS) is 18.2. The summed E-state index contributed by atoms with van der Waals surface area (Å²) in [5, 5.41) is 0. The molecule has 1 aromatic carbocycles. The van der Waals surface area contributed by atoms with E-state index in [2.05, 4.69) is 21.8 Å². The van der Waals surface area contributed by atoms with Gasteiger partial charge in [-0.2, -0.15) is 0 Å². The Balaban J connectivity index is 1.63. The molecule has 2 aromatic rings. The lowest BCUT2D eigenvalue weighted by Gasteiger charge is -2.31. The molecule has 0 aliphatic carbocycles. The molecule has 1 aliphatic rings. The predicted octanol–water partition coefficient (Wildman–Crippen LogP) is 3.56. The van der Waals surface area contributed by atoms with Crippen LogP contribution in [0.2, 0.25) is 0 Å². The van der Waals surface area contributed by atoms with Gasteiger partial charge in [-0.05, 0) is 48.6 Å². The maximum atomic E-state index is 14.2. The predicted molar refractivity (Wildman–Crippen MR) is 96.0 cm³/mol. The van der Waals surface area contributed by atoms with Crippen molar-refractivity contribution in [2.24, 2.45) is 16.6 Å². The first kappa shape index (κ1) is 17.2. The second-order valence-corrected chi connectivity index (χ2v) is 6.42. The minimum absolute atomic E-state index is 0.165. The summed E-state index contributed by atoms with van der Waals surface area (Å²) in [6.07, 6.45) is 5.54. The van der Waals surface area contributed by atoms with Gasteiger partial charge >= 0.3 is 0 Å². The number of ether oxygens (including phenoxy) is 1. The molecular formula is C19H23FN4O. The molecular weight excluding hydrogens is 319 g/mol. The lowest BCUT2D eigenvalue weighted by atomic mass is 10.0. The van der Waals surface area contributed by atoms with Gasteiger partial charge in [0.25, 0.3) is 0 Å². The van der Waals surface area contributed by atoms with Crippen LogP contribution in [-0.4, -0.2) is 28.9 Å². The zero-order valence-corrected chi connectivity index (χ0v) is 14.4. The van der Waals surface area contributed by atoms with Crippen LogP contribution in [0.1, 0.15) is 25.3 Å². The average molecular weight is 342 g/mol. The number of likely N-dealkylation sites (tertiary alicyclic amines) is 1. The molecule has 6 heteroatoms. The van der Waals surface area contributed by atoms with Gasteiger partial charge in [-0.25, -0.2) is 9.38 Å². The highest BCUT2D eigenvalue weighted by Gasteiger charge is 2.17. The number of hydrogen-bond acceptors (Lipinski definition) is 3. The summed E-state index contributed by atoms with van der Waals surface area (Å²) in [6.45, 7) is 4.43. The Labute approximate surface area is 147 Å². The molecule has 2 N–H and O–H groups in total. The fourth-order valence-electron chi connectivity index (χ4n) is 2.93. The third kappa shape index (κ3) is 4.68. The molecule has 0 bridgehead atoms. The first-order valence-corrected chi connectivity index (χ1v) is 8.53. The summed E-state index contributed by atoms with van der Waals surface area (Å²) in [5.74, 6) is 1.39. The lowest BCUT2D eigenvalue weighted by Crippen LogP contribution is -2.43. The number of piperidine rings is 1. The third-order valence-electron chi connectivity index (χ3n) is 4.26. The fourth-order valence-corrected chi connectivity index (χ4v) is 2.93. The number of hydrogen-bond donors (Lipinski definition) is 1. The highest BCUT2D eigenvalue weighted by Crippen LogP contribution is 2.24. The largest absolute Gasteiger partial charge is 0.453 e. The van der Waals surface area contributed by atoms with E-state index in [9.17, 15) is 4.39 Å². The smallest absolute Gasteiger partial charge is 0.191 e. The second-order valence-electron chi connectivity index (χ2n) is 6.42. The highest BCUT2D eigenvalue weighted by atomic mass is 19.1. The van der Waals surface area contributed by atoms with E-state index < -0.39 is 5.82 Å². The molecule has 1 saturated heterocycles. The molecule has 132 valence electrons. The molecule has 1 aliphatic heterocycles. The van der Waals surface area contributed by atoms with Crippen molar-refractivity contribution in [1.29, 1.82) is 0 Å². The monoisotopic (exact) mass is 342 g/mol. The van der Waals surface area contributed by atoms with Gasteiger partial charge in [0.2, 0.25) is 0 Å². The summed E-state index contributed by atoms with van der Waals surface area (Å²) in [5.41, 5.74) is 6.83. The van der Waals surface area contributed by atoms with E-state index in [0.29, 0.717) is 24.2 Å². The number of benzene rings is 1. The van der Waals surface area contributed by atoms with Crippen molar-refractivity contribution in [3.63, 3.8) is 0 Å². The van der Waals surface area contributed by atoms with Gasteiger partial charge in [0.1, 0.15) is 5.75 Å². The van der Waals surface area contributed by atoms with Gasteiger partial charge < -0.3 is 15.4 Å². The quantitative estimate of drug-likeness (QED) is 0.682. The molecule has 25 heavy (non-hydrogen) atoms. The van der Waals surface area contributed by atoms with Crippen molar-refractivity contribution < 1.29 is 9.13 Å². The van der Waals surface area contributed by atoms with Gasteiger partial charge in [-0.3, -0.25) is 4.98 Å². The standard InChI is InChI=1S/C19H23FN4O/c1-14-4-3-9-24(13-14)19(21)23-11-15-6-7-18(17(20)10-15)25-16-5-2-8-22-12-16/h2,5-8,10,12,14H,3-4,9,11,13H2,1H3,(H2,21,23). The summed E-state index contributed by atoms with van der Waals surface area (Å²) < 4.78 is 19.7. The Kier molecular flexibility index (Phi) is 5.48. The number of rotatable bonds is 4. The van der Waals surface area contributed by atoms with Crippen LogP contribution in [0.4, 0.5) is 4.39 Å². The van der Waals surface area contributed by atoms with E-state index >= 15 is 0 Å². The zero-order valence-electron chi connectivity index (χ0n) is 14.4. The molecule has 0 amide bonds. The minimum Gasteiger partial charge on any atom is -0.453 e. The van der Waals surface area contributed by atoms with Crippen molar-refractivity contribution in [3.05, 3.63) is 54.1 Å². The van der Waals surface area contributed by atoms with E-state index in [0.717, 1.165) is 25.1 Å². The van der Waals surface area contributed by atoms with Crippen LogP contribution in [0.5, 0.6) is 11.5 Å². The third-order valence-corrected chi connectivity index (χ3v) is 4.26. The number of aromatic nitrogens is 1. The Bertz CT molecular complexity index is 735. The minimum atomic E-state index is -0.429. The average Bonchev–Trinajstić information content (AvgIpc) is 2.62. The fraction of sp³-hybridized carbons (Fsp3) is 0.368. The van der Waals surface area contributed by atoms with Crippen molar-refractivity contribution in [2.45, 2.75) is 26.3 Å². The number of nitrogens with two attached hydrogens (primary N) is 1. The number of pyridine rings is 1. The Hall–Kier alpha value is -2.63. The van der Waals surface area contributed by atoms with Crippen LogP contribution in [0.25, 0.3) is 0 Å². The Morgan fingerprint density at radius 3 is 3.04 bits per heavy atom. The van der Waals surface area contributed by atoms with E-state index in [1.165, 1.54) is 18.7 Å².